The van der Waals surface area contributed by atoms with Gasteiger partial charge in [-0.2, -0.15) is 10.5 Å². The number of rotatable bonds is 1. The molecule has 0 aromatic rings. The van der Waals surface area contributed by atoms with E-state index in [1.165, 1.54) is 0 Å². The quantitative estimate of drug-likeness (QED) is 0.719. The maximum Gasteiger partial charge on any atom is 0.244 e. The number of hydrogen-bond acceptors (Lipinski definition) is 4. The Bertz CT molecular complexity index is 434. The minimum absolute atomic E-state index is 0.125. The lowest BCUT2D eigenvalue weighted by atomic mass is 9.65. The minimum atomic E-state index is -0.874. The van der Waals surface area contributed by atoms with Gasteiger partial charge >= 0.3 is 0 Å². The van der Waals surface area contributed by atoms with Crippen molar-refractivity contribution in [3.63, 3.8) is 0 Å². The van der Waals surface area contributed by atoms with Crippen molar-refractivity contribution in [1.82, 2.24) is 5.32 Å². The molecule has 19 heavy (non-hydrogen) atoms. The van der Waals surface area contributed by atoms with Gasteiger partial charge in [-0.3, -0.25) is 14.9 Å². The van der Waals surface area contributed by atoms with Crippen LogP contribution in [0.25, 0.3) is 0 Å². The number of nitriles is 2. The van der Waals surface area contributed by atoms with Crippen LogP contribution in [0.15, 0.2) is 0 Å². The lowest BCUT2D eigenvalue weighted by molar-refractivity contribution is -0.141. The molecule has 0 radical (unpaired) electrons. The highest BCUT2D eigenvalue weighted by atomic mass is 16.2. The van der Waals surface area contributed by atoms with Gasteiger partial charge in [-0.15, -0.1) is 0 Å². The van der Waals surface area contributed by atoms with E-state index in [2.05, 4.69) is 12.2 Å². The molecule has 0 spiro atoms. The monoisotopic (exact) mass is 259 g/mol. The highest BCUT2D eigenvalue weighted by Crippen LogP contribution is 2.41. The first-order chi connectivity index (χ1) is 9.08. The number of carbonyl (C=O) groups is 2. The molecule has 0 aromatic carbocycles. The second-order valence-electron chi connectivity index (χ2n) is 5.66. The molecule has 2 atom stereocenters. The van der Waals surface area contributed by atoms with Gasteiger partial charge in [0, 0.05) is 5.92 Å². The molecule has 2 rings (SSSR count). The van der Waals surface area contributed by atoms with Gasteiger partial charge < -0.3 is 0 Å². The van der Waals surface area contributed by atoms with Crippen molar-refractivity contribution in [3.05, 3.63) is 0 Å². The molecule has 5 nitrogen and oxygen atoms in total. The molecule has 0 unspecified atom stereocenters. The smallest absolute Gasteiger partial charge is 0.244 e. The van der Waals surface area contributed by atoms with Gasteiger partial charge in [-0.05, 0) is 24.7 Å². The average molecular weight is 259 g/mol. The Kier molecular flexibility index (Phi) is 3.85. The Morgan fingerprint density at radius 3 is 1.89 bits per heavy atom. The van der Waals surface area contributed by atoms with E-state index >= 15 is 0 Å². The number of carbonyl (C=O) groups excluding carboxylic acids is 2. The van der Waals surface area contributed by atoms with Crippen LogP contribution < -0.4 is 5.32 Å². The summed E-state index contributed by atoms with van der Waals surface area (Å²) < 4.78 is 0. The molecule has 1 N–H and O–H groups in total. The number of imide groups is 1. The van der Waals surface area contributed by atoms with Crippen LogP contribution in [0.3, 0.4) is 0 Å². The zero-order chi connectivity index (χ0) is 14.0. The van der Waals surface area contributed by atoms with E-state index in [0.717, 1.165) is 25.7 Å². The second kappa shape index (κ2) is 5.40. The fourth-order valence-electron chi connectivity index (χ4n) is 3.32. The molecule has 1 heterocycles. The number of amides is 2. The number of hydrogen-bond donors (Lipinski definition) is 1. The SMILES string of the molecule is CC1CCC(C2[C@H](C#N)C(=O)NC(=O)[C@H]2C#N)CC1. The van der Waals surface area contributed by atoms with Crippen molar-refractivity contribution in [2.75, 3.05) is 0 Å². The van der Waals surface area contributed by atoms with Gasteiger partial charge in [0.15, 0.2) is 0 Å². The summed E-state index contributed by atoms with van der Waals surface area (Å²) in [5, 5.41) is 20.5. The van der Waals surface area contributed by atoms with E-state index in [9.17, 15) is 20.1 Å². The molecule has 0 bridgehead atoms. The Morgan fingerprint density at radius 1 is 1.00 bits per heavy atom. The summed E-state index contributed by atoms with van der Waals surface area (Å²) in [5.74, 6) is -2.50. The maximum atomic E-state index is 11.8. The fourth-order valence-corrected chi connectivity index (χ4v) is 3.32. The predicted octanol–water partition coefficient (Wildman–Crippen LogP) is 1.36. The lowest BCUT2D eigenvalue weighted by Gasteiger charge is -2.38. The molecule has 2 amide bonds. The van der Waals surface area contributed by atoms with Crippen LogP contribution in [-0.4, -0.2) is 11.8 Å². The van der Waals surface area contributed by atoms with Crippen molar-refractivity contribution in [1.29, 1.82) is 10.5 Å². The van der Waals surface area contributed by atoms with Gasteiger partial charge in [0.05, 0.1) is 12.1 Å². The standard InChI is InChI=1S/C14H17N3O2/c1-8-2-4-9(5-3-8)12-10(6-15)13(18)17-14(19)11(12)7-16/h8-12H,2-5H2,1H3,(H,17,18,19)/t8?,9?,10-,11-/m0/s1. The Morgan fingerprint density at radius 2 is 1.47 bits per heavy atom. The van der Waals surface area contributed by atoms with E-state index < -0.39 is 29.6 Å². The average Bonchev–Trinajstić information content (AvgIpc) is 2.39. The van der Waals surface area contributed by atoms with Crippen molar-refractivity contribution < 1.29 is 9.59 Å². The predicted molar refractivity (Wildman–Crippen MR) is 66.0 cm³/mol. The molecule has 5 heteroatoms. The van der Waals surface area contributed by atoms with E-state index in [1.54, 1.807) is 0 Å². The topological polar surface area (TPSA) is 93.8 Å². The Balaban J connectivity index is 2.26. The van der Waals surface area contributed by atoms with E-state index in [-0.39, 0.29) is 5.92 Å². The van der Waals surface area contributed by atoms with Crippen LogP contribution in [0.4, 0.5) is 0 Å². The molecule has 1 aliphatic heterocycles. The summed E-state index contributed by atoms with van der Waals surface area (Å²) in [4.78, 5) is 23.5. The molecule has 1 saturated heterocycles. The first kappa shape index (κ1) is 13.5. The molecular formula is C14H17N3O2. The van der Waals surface area contributed by atoms with E-state index in [1.807, 2.05) is 12.1 Å². The van der Waals surface area contributed by atoms with Crippen molar-refractivity contribution in [2.24, 2.45) is 29.6 Å². The molecular weight excluding hydrogens is 242 g/mol. The van der Waals surface area contributed by atoms with Crippen LogP contribution >= 0.6 is 0 Å². The lowest BCUT2D eigenvalue weighted by Crippen LogP contribution is -2.53. The van der Waals surface area contributed by atoms with Crippen molar-refractivity contribution in [2.45, 2.75) is 32.6 Å². The van der Waals surface area contributed by atoms with Crippen molar-refractivity contribution in [3.8, 4) is 12.1 Å². The van der Waals surface area contributed by atoms with Crippen LogP contribution in [0, 0.1) is 52.3 Å². The first-order valence-electron chi connectivity index (χ1n) is 6.72. The van der Waals surface area contributed by atoms with Crippen LogP contribution in [0.2, 0.25) is 0 Å². The highest BCUT2D eigenvalue weighted by molar-refractivity contribution is 6.02. The maximum absolute atomic E-state index is 11.8. The summed E-state index contributed by atoms with van der Waals surface area (Å²) in [6, 6.07) is 3.96. The summed E-state index contributed by atoms with van der Waals surface area (Å²) in [6.07, 6.45) is 3.85. The van der Waals surface area contributed by atoms with Gasteiger partial charge in [-0.25, -0.2) is 0 Å². The highest BCUT2D eigenvalue weighted by Gasteiger charge is 2.48. The number of piperidine rings is 1. The van der Waals surface area contributed by atoms with Crippen LogP contribution in [0.5, 0.6) is 0 Å². The fraction of sp³-hybridized carbons (Fsp3) is 0.714. The third-order valence-electron chi connectivity index (χ3n) is 4.46. The summed E-state index contributed by atoms with van der Waals surface area (Å²) >= 11 is 0. The molecule has 2 fully saturated rings. The van der Waals surface area contributed by atoms with E-state index in [0.29, 0.717) is 5.92 Å². The summed E-state index contributed by atoms with van der Waals surface area (Å²) in [5.41, 5.74) is 0. The number of nitrogens with zero attached hydrogens (tertiary/aromatic N) is 2. The Labute approximate surface area is 112 Å². The van der Waals surface area contributed by atoms with E-state index in [4.69, 9.17) is 0 Å². The molecule has 1 saturated carbocycles. The van der Waals surface area contributed by atoms with Gasteiger partial charge in [0.2, 0.25) is 11.8 Å². The molecule has 2 aliphatic rings. The zero-order valence-electron chi connectivity index (χ0n) is 10.9. The van der Waals surface area contributed by atoms with Crippen molar-refractivity contribution >= 4 is 11.8 Å². The largest absolute Gasteiger partial charge is 0.294 e. The normalized spacial score (nSPS) is 36.2. The third-order valence-corrected chi connectivity index (χ3v) is 4.46. The third kappa shape index (κ3) is 2.46. The molecule has 100 valence electrons. The Hall–Kier alpha value is -1.88. The summed E-state index contributed by atoms with van der Waals surface area (Å²) in [7, 11) is 0. The molecule has 0 aromatic heterocycles. The second-order valence-corrected chi connectivity index (χ2v) is 5.66. The van der Waals surface area contributed by atoms with Gasteiger partial charge in [0.1, 0.15) is 11.8 Å². The van der Waals surface area contributed by atoms with Crippen LogP contribution in [0.1, 0.15) is 32.6 Å². The number of nitrogens with one attached hydrogen (secondary N) is 1. The molecule has 1 aliphatic carbocycles. The summed E-state index contributed by atoms with van der Waals surface area (Å²) in [6.45, 7) is 2.18. The minimum Gasteiger partial charge on any atom is -0.294 e. The van der Waals surface area contributed by atoms with Gasteiger partial charge in [0.25, 0.3) is 0 Å². The first-order valence-corrected chi connectivity index (χ1v) is 6.72. The zero-order valence-corrected chi connectivity index (χ0v) is 10.9. The van der Waals surface area contributed by atoms with Crippen LogP contribution in [-0.2, 0) is 9.59 Å². The van der Waals surface area contributed by atoms with Gasteiger partial charge in [-0.1, -0.05) is 19.8 Å².